The molecule has 3 aliphatic rings. The van der Waals surface area contributed by atoms with E-state index in [9.17, 15) is 22.7 Å². The largest absolute Gasteiger partial charge is 0.442 e. The van der Waals surface area contributed by atoms with Gasteiger partial charge < -0.3 is 9.64 Å². The summed E-state index contributed by atoms with van der Waals surface area (Å²) in [6, 6.07) is 2.34. The Morgan fingerprint density at radius 2 is 1.81 bits per heavy atom. The van der Waals surface area contributed by atoms with Gasteiger partial charge in [-0.1, -0.05) is 5.21 Å². The Balaban J connectivity index is 1.24. The first-order valence-electron chi connectivity index (χ1n) is 10.6. The molecule has 0 bridgehead atoms. The predicted octanol–water partition coefficient (Wildman–Crippen LogP) is 3.18. The molecule has 1 amide bonds. The zero-order valence-corrected chi connectivity index (χ0v) is 18.1. The summed E-state index contributed by atoms with van der Waals surface area (Å²) in [5.41, 5.74) is 0.0289. The van der Waals surface area contributed by atoms with Crippen LogP contribution in [0.3, 0.4) is 0 Å². The summed E-state index contributed by atoms with van der Waals surface area (Å²) in [7, 11) is -2.38. The number of rotatable bonds is 5. The highest BCUT2D eigenvalue weighted by atomic mass is 32.3. The Bertz CT molecular complexity index is 969. The van der Waals surface area contributed by atoms with Crippen molar-refractivity contribution in [2.45, 2.75) is 25.5 Å². The van der Waals surface area contributed by atoms with E-state index in [4.69, 9.17) is 4.74 Å². The minimum absolute atomic E-state index is 0.0863. The number of hydrogen-bond acceptors (Lipinski definition) is 7. The number of anilines is 2. The maximum Gasteiger partial charge on any atom is 0.414 e. The van der Waals surface area contributed by atoms with Crippen molar-refractivity contribution in [3.05, 3.63) is 36.2 Å². The molecule has 0 saturated carbocycles. The van der Waals surface area contributed by atoms with E-state index < -0.39 is 34.4 Å². The lowest BCUT2D eigenvalue weighted by molar-refractivity contribution is 0.129. The van der Waals surface area contributed by atoms with E-state index in [1.165, 1.54) is 27.9 Å². The molecule has 0 aliphatic carbocycles. The highest BCUT2D eigenvalue weighted by molar-refractivity contribution is 8.25. The van der Waals surface area contributed by atoms with Gasteiger partial charge in [0.1, 0.15) is 11.8 Å². The molecule has 0 radical (unpaired) electrons. The second-order valence-corrected chi connectivity index (χ2v) is 11.0. The molecular weight excluding hydrogens is 444 g/mol. The van der Waals surface area contributed by atoms with Crippen molar-refractivity contribution in [3.63, 3.8) is 0 Å². The lowest BCUT2D eigenvalue weighted by Gasteiger charge is -2.51. The molecule has 1 atom stereocenters. The van der Waals surface area contributed by atoms with E-state index >= 15 is 0 Å². The molecule has 3 saturated heterocycles. The Hall–Kier alpha value is -2.44. The number of piperidine rings is 1. The summed E-state index contributed by atoms with van der Waals surface area (Å²) in [5.74, 6) is 0.0778. The van der Waals surface area contributed by atoms with Crippen molar-refractivity contribution in [2.24, 2.45) is 11.8 Å². The molecule has 2 N–H and O–H groups in total. The molecule has 174 valence electrons. The average molecular weight is 470 g/mol. The minimum atomic E-state index is -2.38. The average Bonchev–Trinajstić information content (AvgIpc) is 3.36. The molecule has 5 rings (SSSR count). The Labute approximate surface area is 185 Å². The maximum atomic E-state index is 15.0. The number of ether oxygens (including phenoxy) is 1. The molecule has 0 unspecified atom stereocenters. The van der Waals surface area contributed by atoms with Gasteiger partial charge in [0, 0.05) is 42.9 Å². The fourth-order valence-corrected chi connectivity index (χ4v) is 6.70. The van der Waals surface area contributed by atoms with E-state index in [-0.39, 0.29) is 23.8 Å². The number of nitrogens with zero attached hydrogens (tertiary/aromatic N) is 5. The fourth-order valence-electron chi connectivity index (χ4n) is 4.88. The predicted molar refractivity (Wildman–Crippen MR) is 115 cm³/mol. The van der Waals surface area contributed by atoms with Crippen LogP contribution in [0.1, 0.15) is 12.8 Å². The van der Waals surface area contributed by atoms with Crippen molar-refractivity contribution >= 4 is 28.1 Å². The number of halogens is 2. The standard InChI is InChI=1S/C20H25F2N5O4S/c21-17-7-15(27-10-16(31-20(27)28)9-26-6-3-23-24-26)8-18(22)19(17)25-4-1-13(2-5-25)14-11-32(29,30)12-14/h3,6-8,13-14,16,29-30H,1-2,4-5,9-12H2/t16-/m0/s1. The van der Waals surface area contributed by atoms with Crippen LogP contribution in [0.5, 0.6) is 0 Å². The highest BCUT2D eigenvalue weighted by Gasteiger charge is 2.40. The minimum Gasteiger partial charge on any atom is -0.442 e. The summed E-state index contributed by atoms with van der Waals surface area (Å²) in [5, 5.41) is 7.53. The first kappa shape index (κ1) is 21.4. The lowest BCUT2D eigenvalue weighted by atomic mass is 9.85. The first-order chi connectivity index (χ1) is 15.3. The van der Waals surface area contributed by atoms with Crippen LogP contribution in [-0.4, -0.2) is 67.4 Å². The van der Waals surface area contributed by atoms with Crippen molar-refractivity contribution < 1.29 is 27.4 Å². The second-order valence-electron chi connectivity index (χ2n) is 8.72. The Kier molecular flexibility index (Phi) is 5.46. The lowest BCUT2D eigenvalue weighted by Crippen LogP contribution is -2.44. The third kappa shape index (κ3) is 4.14. The summed E-state index contributed by atoms with van der Waals surface area (Å²) in [6.45, 7) is 1.46. The van der Waals surface area contributed by atoms with Crippen molar-refractivity contribution in [1.82, 2.24) is 15.0 Å². The maximum absolute atomic E-state index is 15.0. The number of aromatic nitrogens is 3. The monoisotopic (exact) mass is 469 g/mol. The highest BCUT2D eigenvalue weighted by Crippen LogP contribution is 2.55. The van der Waals surface area contributed by atoms with Gasteiger partial charge in [-0.25, -0.2) is 18.3 Å². The van der Waals surface area contributed by atoms with Gasteiger partial charge in [-0.05, 0) is 24.7 Å². The molecule has 3 aliphatic heterocycles. The van der Waals surface area contributed by atoms with Crippen LogP contribution < -0.4 is 9.80 Å². The van der Waals surface area contributed by atoms with Gasteiger partial charge >= 0.3 is 6.09 Å². The number of carbonyl (C=O) groups is 1. The Morgan fingerprint density at radius 1 is 1.12 bits per heavy atom. The molecule has 0 spiro atoms. The van der Waals surface area contributed by atoms with Crippen molar-refractivity contribution in [3.8, 4) is 0 Å². The molecule has 12 heteroatoms. The topological polar surface area (TPSA) is 104 Å². The van der Waals surface area contributed by atoms with Gasteiger partial charge in [0.05, 0.1) is 25.0 Å². The van der Waals surface area contributed by atoms with E-state index in [1.54, 1.807) is 11.1 Å². The third-order valence-corrected chi connectivity index (χ3v) is 8.46. The molecule has 1 aromatic heterocycles. The zero-order chi connectivity index (χ0) is 22.5. The van der Waals surface area contributed by atoms with Crippen LogP contribution in [-0.2, 0) is 11.3 Å². The zero-order valence-electron chi connectivity index (χ0n) is 17.3. The number of amides is 1. The van der Waals surface area contributed by atoms with E-state index in [1.807, 2.05) is 0 Å². The molecule has 1 aromatic carbocycles. The van der Waals surface area contributed by atoms with Crippen molar-refractivity contribution in [1.29, 1.82) is 0 Å². The number of benzene rings is 1. The molecule has 3 fully saturated rings. The smallest absolute Gasteiger partial charge is 0.414 e. The molecule has 2 aromatic rings. The van der Waals surface area contributed by atoms with Gasteiger partial charge in [0.25, 0.3) is 0 Å². The van der Waals surface area contributed by atoms with Crippen LogP contribution in [0, 0.1) is 23.5 Å². The van der Waals surface area contributed by atoms with Crippen LogP contribution in [0.4, 0.5) is 25.0 Å². The molecule has 32 heavy (non-hydrogen) atoms. The van der Waals surface area contributed by atoms with Crippen LogP contribution in [0.25, 0.3) is 0 Å². The summed E-state index contributed by atoms with van der Waals surface area (Å²) < 4.78 is 56.0. The van der Waals surface area contributed by atoms with Gasteiger partial charge in [-0.3, -0.25) is 14.0 Å². The summed E-state index contributed by atoms with van der Waals surface area (Å²) in [6.07, 6.45) is 3.50. The summed E-state index contributed by atoms with van der Waals surface area (Å²) >= 11 is 0. The quantitative estimate of drug-likeness (QED) is 0.693. The number of carbonyl (C=O) groups excluding carboxylic acids is 1. The van der Waals surface area contributed by atoms with Gasteiger partial charge in [0.2, 0.25) is 0 Å². The first-order valence-corrected chi connectivity index (χ1v) is 12.5. The van der Waals surface area contributed by atoms with Gasteiger partial charge in [0.15, 0.2) is 11.6 Å². The van der Waals surface area contributed by atoms with Crippen LogP contribution in [0.15, 0.2) is 24.5 Å². The fraction of sp³-hybridized carbons (Fsp3) is 0.550. The third-order valence-electron chi connectivity index (χ3n) is 6.53. The van der Waals surface area contributed by atoms with Crippen LogP contribution >= 0.6 is 10.6 Å². The number of cyclic esters (lactones) is 1. The molecular formula is C20H25F2N5O4S. The molecule has 9 nitrogen and oxygen atoms in total. The number of hydrogen-bond donors (Lipinski definition) is 2. The van der Waals surface area contributed by atoms with Crippen LogP contribution in [0.2, 0.25) is 0 Å². The normalized spacial score (nSPS) is 25.0. The van der Waals surface area contributed by atoms with Gasteiger partial charge in [-0.2, -0.15) is 10.6 Å². The SMILES string of the molecule is O=C1O[C@@H](Cn2ccnn2)CN1c1cc(F)c(N2CCC(C3CS(O)(O)C3)CC2)c(F)c1. The summed E-state index contributed by atoms with van der Waals surface area (Å²) in [4.78, 5) is 15.2. The Morgan fingerprint density at radius 3 is 2.41 bits per heavy atom. The second kappa shape index (κ2) is 8.16. The van der Waals surface area contributed by atoms with E-state index in [0.717, 1.165) is 12.8 Å². The van der Waals surface area contributed by atoms with E-state index in [2.05, 4.69) is 10.3 Å². The van der Waals surface area contributed by atoms with Crippen molar-refractivity contribution in [2.75, 3.05) is 40.9 Å². The van der Waals surface area contributed by atoms with E-state index in [0.29, 0.717) is 37.1 Å². The van der Waals surface area contributed by atoms with Gasteiger partial charge in [-0.15, -0.1) is 5.10 Å². The molecule has 4 heterocycles.